The first-order chi connectivity index (χ1) is 5.74. The first-order valence-electron chi connectivity index (χ1n) is 2.97. The molecule has 6 heteroatoms. The third kappa shape index (κ3) is 2.46. The highest BCUT2D eigenvalue weighted by molar-refractivity contribution is 9.11. The maximum Gasteiger partial charge on any atom is 0.145 e. The van der Waals surface area contributed by atoms with Crippen LogP contribution >= 0.6 is 31.9 Å². The molecule has 0 saturated carbocycles. The molecule has 0 spiro atoms. The number of hydrogen-bond acceptors (Lipinski definition) is 3. The fourth-order valence-electron chi connectivity index (χ4n) is 0.611. The Bertz CT molecular complexity index is 303. The molecule has 12 heavy (non-hydrogen) atoms. The van der Waals surface area contributed by atoms with Crippen LogP contribution in [-0.2, 0) is 0 Å². The summed E-state index contributed by atoms with van der Waals surface area (Å²) >= 11 is 6.54. The van der Waals surface area contributed by atoms with E-state index in [9.17, 15) is 0 Å². The van der Waals surface area contributed by atoms with Gasteiger partial charge in [-0.3, -0.25) is 0 Å². The third-order valence-electron chi connectivity index (χ3n) is 1.07. The van der Waals surface area contributed by atoms with Crippen LogP contribution in [0.3, 0.4) is 0 Å². The Kier molecular flexibility index (Phi) is 3.48. The molecule has 1 rings (SSSR count). The highest BCUT2D eigenvalue weighted by Gasteiger charge is 1.98. The number of hydrogen-bond donors (Lipinski definition) is 2. The van der Waals surface area contributed by atoms with Gasteiger partial charge in [0.2, 0.25) is 0 Å². The number of aromatic nitrogens is 1. The Morgan fingerprint density at radius 1 is 1.58 bits per heavy atom. The van der Waals surface area contributed by atoms with E-state index in [1.807, 2.05) is 6.07 Å². The molecular weight excluding hydrogens is 290 g/mol. The Morgan fingerprint density at radius 2 is 2.33 bits per heavy atom. The van der Waals surface area contributed by atoms with Crippen molar-refractivity contribution in [2.75, 3.05) is 5.32 Å². The molecule has 0 fully saturated rings. The highest BCUT2D eigenvalue weighted by atomic mass is 79.9. The van der Waals surface area contributed by atoms with Crippen molar-refractivity contribution >= 4 is 44.0 Å². The summed E-state index contributed by atoms with van der Waals surface area (Å²) in [6.07, 6.45) is 2.78. The molecule has 64 valence electrons. The SMILES string of the molecule is ON=CNc1ncc(Br)cc1Br. The fraction of sp³-hybridized carbons (Fsp3) is 0. The Labute approximate surface area is 85.9 Å². The van der Waals surface area contributed by atoms with Gasteiger partial charge in [-0.25, -0.2) is 4.98 Å². The van der Waals surface area contributed by atoms with Crippen LogP contribution in [0.5, 0.6) is 0 Å². The van der Waals surface area contributed by atoms with E-state index in [2.05, 4.69) is 47.3 Å². The highest BCUT2D eigenvalue weighted by Crippen LogP contribution is 2.22. The predicted octanol–water partition coefficient (Wildman–Crippen LogP) is 2.44. The van der Waals surface area contributed by atoms with Crippen molar-refractivity contribution in [1.29, 1.82) is 0 Å². The van der Waals surface area contributed by atoms with Gasteiger partial charge in [0.05, 0.1) is 4.47 Å². The molecule has 0 saturated heterocycles. The summed E-state index contributed by atoms with van der Waals surface area (Å²) < 4.78 is 1.66. The van der Waals surface area contributed by atoms with Crippen LogP contribution in [-0.4, -0.2) is 16.5 Å². The predicted molar refractivity (Wildman–Crippen MR) is 53.5 cm³/mol. The van der Waals surface area contributed by atoms with Gasteiger partial charge in [-0.2, -0.15) is 0 Å². The van der Waals surface area contributed by atoms with E-state index in [1.165, 1.54) is 0 Å². The summed E-state index contributed by atoms with van der Waals surface area (Å²) in [5, 5.41) is 13.6. The second kappa shape index (κ2) is 4.42. The maximum absolute atomic E-state index is 8.13. The van der Waals surface area contributed by atoms with Gasteiger partial charge in [0.25, 0.3) is 0 Å². The number of oxime groups is 1. The molecule has 1 heterocycles. The van der Waals surface area contributed by atoms with Crippen molar-refractivity contribution in [3.63, 3.8) is 0 Å². The third-order valence-corrected chi connectivity index (χ3v) is 2.10. The van der Waals surface area contributed by atoms with Gasteiger partial charge < -0.3 is 10.5 Å². The van der Waals surface area contributed by atoms with Gasteiger partial charge in [-0.1, -0.05) is 5.16 Å². The number of nitrogens with zero attached hydrogens (tertiary/aromatic N) is 2. The van der Waals surface area contributed by atoms with E-state index in [-0.39, 0.29) is 0 Å². The molecule has 4 nitrogen and oxygen atoms in total. The molecule has 0 bridgehead atoms. The lowest BCUT2D eigenvalue weighted by Crippen LogP contribution is -1.97. The van der Waals surface area contributed by atoms with E-state index < -0.39 is 0 Å². The normalized spacial score (nSPS) is 10.5. The quantitative estimate of drug-likeness (QED) is 0.381. The Balaban J connectivity index is 2.86. The lowest BCUT2D eigenvalue weighted by Gasteiger charge is -2.00. The Hall–Kier alpha value is -0.620. The van der Waals surface area contributed by atoms with Gasteiger partial charge in [0, 0.05) is 10.7 Å². The van der Waals surface area contributed by atoms with Gasteiger partial charge >= 0.3 is 0 Å². The lowest BCUT2D eigenvalue weighted by atomic mass is 10.5. The van der Waals surface area contributed by atoms with Gasteiger partial charge in [0.15, 0.2) is 0 Å². The molecule has 0 aromatic carbocycles. The second-order valence-electron chi connectivity index (χ2n) is 1.87. The molecule has 2 N–H and O–H groups in total. The monoisotopic (exact) mass is 293 g/mol. The minimum atomic E-state index is 0.594. The van der Waals surface area contributed by atoms with Crippen LogP contribution < -0.4 is 5.32 Å². The fourth-order valence-corrected chi connectivity index (χ4v) is 1.71. The summed E-state index contributed by atoms with van der Waals surface area (Å²) in [7, 11) is 0. The average molecular weight is 295 g/mol. The Morgan fingerprint density at radius 3 is 2.92 bits per heavy atom. The van der Waals surface area contributed by atoms with Crippen molar-refractivity contribution in [2.24, 2.45) is 5.16 Å². The first kappa shape index (κ1) is 9.47. The zero-order chi connectivity index (χ0) is 8.97. The largest absolute Gasteiger partial charge is 0.410 e. The number of rotatable bonds is 2. The number of pyridine rings is 1. The van der Waals surface area contributed by atoms with Crippen LogP contribution in [0.1, 0.15) is 0 Å². The molecule has 0 amide bonds. The molecule has 0 atom stereocenters. The van der Waals surface area contributed by atoms with E-state index in [0.717, 1.165) is 15.3 Å². The minimum absolute atomic E-state index is 0.594. The number of nitrogens with one attached hydrogen (secondary N) is 1. The van der Waals surface area contributed by atoms with E-state index in [1.54, 1.807) is 6.20 Å². The average Bonchev–Trinajstić information content (AvgIpc) is 2.03. The number of halogens is 2. The van der Waals surface area contributed by atoms with Crippen LogP contribution in [0.15, 0.2) is 26.4 Å². The van der Waals surface area contributed by atoms with Crippen molar-refractivity contribution in [3.8, 4) is 0 Å². The van der Waals surface area contributed by atoms with Crippen LogP contribution in [0.25, 0.3) is 0 Å². The molecule has 0 aliphatic rings. The summed E-state index contributed by atoms with van der Waals surface area (Å²) in [5.74, 6) is 0.594. The minimum Gasteiger partial charge on any atom is -0.410 e. The molecule has 1 aromatic heterocycles. The van der Waals surface area contributed by atoms with Crippen molar-refractivity contribution < 1.29 is 5.21 Å². The molecule has 0 aliphatic heterocycles. The first-order valence-corrected chi connectivity index (χ1v) is 4.56. The van der Waals surface area contributed by atoms with Crippen molar-refractivity contribution in [2.45, 2.75) is 0 Å². The van der Waals surface area contributed by atoms with Gasteiger partial charge in [-0.05, 0) is 37.9 Å². The zero-order valence-corrected chi connectivity index (χ0v) is 9.00. The molecule has 1 aromatic rings. The van der Waals surface area contributed by atoms with Crippen LogP contribution in [0.2, 0.25) is 0 Å². The topological polar surface area (TPSA) is 57.5 Å². The number of anilines is 1. The van der Waals surface area contributed by atoms with Crippen LogP contribution in [0.4, 0.5) is 5.82 Å². The second-order valence-corrected chi connectivity index (χ2v) is 3.64. The van der Waals surface area contributed by atoms with Gasteiger partial charge in [0.1, 0.15) is 12.2 Å². The molecule has 0 radical (unpaired) electrons. The van der Waals surface area contributed by atoms with E-state index >= 15 is 0 Å². The van der Waals surface area contributed by atoms with E-state index in [4.69, 9.17) is 5.21 Å². The zero-order valence-electron chi connectivity index (χ0n) is 5.83. The lowest BCUT2D eigenvalue weighted by molar-refractivity contribution is 0.321. The summed E-state index contributed by atoms with van der Waals surface area (Å²) in [4.78, 5) is 4.01. The summed E-state index contributed by atoms with van der Waals surface area (Å²) in [6.45, 7) is 0. The maximum atomic E-state index is 8.13. The molecule has 0 unspecified atom stereocenters. The van der Waals surface area contributed by atoms with Gasteiger partial charge in [-0.15, -0.1) is 0 Å². The molecule has 0 aliphatic carbocycles. The smallest absolute Gasteiger partial charge is 0.145 e. The molecular formula is C6H5Br2N3O. The summed E-state index contributed by atoms with van der Waals surface area (Å²) in [5.41, 5.74) is 0. The standard InChI is InChI=1S/C6H5Br2N3O/c7-4-1-5(8)6(9-2-4)10-3-11-12/h1-3,12H,(H,9,10,11). The van der Waals surface area contributed by atoms with Crippen molar-refractivity contribution in [1.82, 2.24) is 4.98 Å². The van der Waals surface area contributed by atoms with E-state index in [0.29, 0.717) is 5.82 Å². The summed E-state index contributed by atoms with van der Waals surface area (Å²) in [6, 6.07) is 1.83. The van der Waals surface area contributed by atoms with Crippen molar-refractivity contribution in [3.05, 3.63) is 21.2 Å². The van der Waals surface area contributed by atoms with Crippen LogP contribution in [0, 0.1) is 0 Å².